The highest BCUT2D eigenvalue weighted by atomic mass is 19.1. The van der Waals surface area contributed by atoms with Gasteiger partial charge < -0.3 is 9.72 Å². The van der Waals surface area contributed by atoms with Gasteiger partial charge in [0, 0.05) is 23.5 Å². The minimum atomic E-state index is -0.497. The second-order valence-electron chi connectivity index (χ2n) is 3.47. The second-order valence-corrected chi connectivity index (χ2v) is 3.47. The van der Waals surface area contributed by atoms with E-state index in [0.717, 1.165) is 10.9 Å². The van der Waals surface area contributed by atoms with E-state index in [4.69, 9.17) is 4.74 Å². The summed E-state index contributed by atoms with van der Waals surface area (Å²) < 4.78 is 17.0. The van der Waals surface area contributed by atoms with E-state index >= 15 is 0 Å². The van der Waals surface area contributed by atoms with Gasteiger partial charge in [-0.1, -0.05) is 12.1 Å². The van der Waals surface area contributed by atoms with Crippen molar-refractivity contribution in [1.29, 1.82) is 0 Å². The highest BCUT2D eigenvalue weighted by molar-refractivity contribution is 5.88. The molecule has 0 spiro atoms. The topological polar surface area (TPSA) is 42.1 Å². The first-order valence-electron chi connectivity index (χ1n) is 5.14. The predicted molar refractivity (Wildman–Crippen MR) is 59.1 cm³/mol. The summed E-state index contributed by atoms with van der Waals surface area (Å²) in [7, 11) is 0. The van der Waals surface area contributed by atoms with Crippen molar-refractivity contribution < 1.29 is 13.9 Å². The zero-order chi connectivity index (χ0) is 11.4. The summed E-state index contributed by atoms with van der Waals surface area (Å²) in [6.07, 6.45) is 1.95. The first-order chi connectivity index (χ1) is 7.81. The van der Waals surface area contributed by atoms with Crippen LogP contribution in [0.5, 0.6) is 5.75 Å². The first-order valence-corrected chi connectivity index (χ1v) is 5.14. The molecule has 4 heteroatoms. The maximum Gasteiger partial charge on any atom is 0.311 e. The average molecular weight is 221 g/mol. The summed E-state index contributed by atoms with van der Waals surface area (Å²) in [5.74, 6) is 0.0989. The molecule has 1 N–H and O–H groups in total. The molecule has 0 aliphatic heterocycles. The van der Waals surface area contributed by atoms with Crippen molar-refractivity contribution in [2.75, 3.05) is 6.67 Å². The second kappa shape index (κ2) is 4.79. The number of ether oxygens (including phenoxy) is 1. The number of rotatable bonds is 4. The number of aromatic amines is 1. The summed E-state index contributed by atoms with van der Waals surface area (Å²) in [5.41, 5.74) is 0.913. The molecule has 3 nitrogen and oxygen atoms in total. The molecular formula is C12H12FNO2. The predicted octanol–water partition coefficient (Wildman–Crippen LogP) is 2.82. The number of aromatic nitrogens is 1. The van der Waals surface area contributed by atoms with E-state index < -0.39 is 12.6 Å². The standard InChI is InChI=1S/C12H12FNO2/c13-7-3-6-12(15)16-11-8-14-10-5-2-1-4-9(10)11/h1-2,4-5,8,14H,3,6-7H2. The number of benzene rings is 1. The van der Waals surface area contributed by atoms with Crippen molar-refractivity contribution in [3.05, 3.63) is 30.5 Å². The molecule has 0 fully saturated rings. The van der Waals surface area contributed by atoms with Crippen molar-refractivity contribution in [3.8, 4) is 5.75 Å². The van der Waals surface area contributed by atoms with Gasteiger partial charge in [0.05, 0.1) is 6.67 Å². The molecule has 16 heavy (non-hydrogen) atoms. The Hall–Kier alpha value is -1.84. The maximum absolute atomic E-state index is 11.9. The number of nitrogens with one attached hydrogen (secondary N) is 1. The van der Waals surface area contributed by atoms with Crippen LogP contribution in [0.25, 0.3) is 10.9 Å². The van der Waals surface area contributed by atoms with Gasteiger partial charge in [-0.2, -0.15) is 0 Å². The van der Waals surface area contributed by atoms with E-state index in [1.54, 1.807) is 6.20 Å². The van der Waals surface area contributed by atoms with Crippen LogP contribution in [0.3, 0.4) is 0 Å². The first kappa shape index (κ1) is 10.7. The molecule has 0 unspecified atom stereocenters. The lowest BCUT2D eigenvalue weighted by molar-refractivity contribution is -0.134. The molecule has 0 saturated carbocycles. The summed E-state index contributed by atoms with van der Waals surface area (Å²) >= 11 is 0. The zero-order valence-corrected chi connectivity index (χ0v) is 8.70. The van der Waals surface area contributed by atoms with Crippen molar-refractivity contribution in [3.63, 3.8) is 0 Å². The molecule has 0 atom stereocenters. The fourth-order valence-electron chi connectivity index (χ4n) is 1.51. The molecule has 2 rings (SSSR count). The lowest BCUT2D eigenvalue weighted by atomic mass is 10.2. The van der Waals surface area contributed by atoms with Crippen molar-refractivity contribution in [2.24, 2.45) is 0 Å². The van der Waals surface area contributed by atoms with E-state index in [1.807, 2.05) is 24.3 Å². The molecule has 0 radical (unpaired) electrons. The van der Waals surface area contributed by atoms with Crippen LogP contribution < -0.4 is 4.74 Å². The van der Waals surface area contributed by atoms with Crippen molar-refractivity contribution >= 4 is 16.9 Å². The number of H-pyrrole nitrogens is 1. The number of carbonyl (C=O) groups excluding carboxylic acids is 1. The molecule has 0 aliphatic carbocycles. The lowest BCUT2D eigenvalue weighted by Crippen LogP contribution is -2.07. The Morgan fingerprint density at radius 1 is 1.38 bits per heavy atom. The summed E-state index contributed by atoms with van der Waals surface area (Å²) in [4.78, 5) is 14.3. The Morgan fingerprint density at radius 2 is 2.19 bits per heavy atom. The molecular weight excluding hydrogens is 209 g/mol. The molecule has 0 saturated heterocycles. The molecule has 84 valence electrons. The quantitative estimate of drug-likeness (QED) is 0.806. The van der Waals surface area contributed by atoms with Crippen LogP contribution in [0, 0.1) is 0 Å². The Kier molecular flexibility index (Phi) is 3.19. The Morgan fingerprint density at radius 3 is 3.00 bits per heavy atom. The fourth-order valence-corrected chi connectivity index (χ4v) is 1.51. The Balaban J connectivity index is 2.12. The van der Waals surface area contributed by atoms with Crippen LogP contribution in [0.15, 0.2) is 30.5 Å². The number of alkyl halides is 1. The van der Waals surface area contributed by atoms with Crippen molar-refractivity contribution in [1.82, 2.24) is 4.98 Å². The number of esters is 1. The van der Waals surface area contributed by atoms with E-state index in [-0.39, 0.29) is 12.8 Å². The highest BCUT2D eigenvalue weighted by Gasteiger charge is 2.08. The van der Waals surface area contributed by atoms with Crippen molar-refractivity contribution in [2.45, 2.75) is 12.8 Å². The number of para-hydroxylation sites is 1. The third-order valence-electron chi connectivity index (χ3n) is 2.29. The Labute approximate surface area is 92.2 Å². The van der Waals surface area contributed by atoms with Gasteiger partial charge in [-0.15, -0.1) is 0 Å². The van der Waals surface area contributed by atoms with Crippen LogP contribution in [-0.2, 0) is 4.79 Å². The van der Waals surface area contributed by atoms with Gasteiger partial charge in [0.25, 0.3) is 0 Å². The largest absolute Gasteiger partial charge is 0.424 e. The third-order valence-corrected chi connectivity index (χ3v) is 2.29. The molecule has 1 aromatic carbocycles. The normalized spacial score (nSPS) is 10.6. The Bertz CT molecular complexity index is 492. The molecule has 0 bridgehead atoms. The number of fused-ring (bicyclic) bond motifs is 1. The highest BCUT2D eigenvalue weighted by Crippen LogP contribution is 2.25. The van der Waals surface area contributed by atoms with Crippen LogP contribution in [0.4, 0.5) is 4.39 Å². The number of hydrogen-bond donors (Lipinski definition) is 1. The van der Waals surface area contributed by atoms with Gasteiger partial charge in [0.15, 0.2) is 5.75 Å². The van der Waals surface area contributed by atoms with Gasteiger partial charge in [0.1, 0.15) is 0 Å². The lowest BCUT2D eigenvalue weighted by Gasteiger charge is -2.01. The number of carbonyl (C=O) groups is 1. The van der Waals surface area contributed by atoms with Gasteiger partial charge in [-0.05, 0) is 18.6 Å². The fraction of sp³-hybridized carbons (Fsp3) is 0.250. The zero-order valence-electron chi connectivity index (χ0n) is 8.70. The van der Waals surface area contributed by atoms with E-state index in [2.05, 4.69) is 4.98 Å². The average Bonchev–Trinajstić information content (AvgIpc) is 2.70. The van der Waals surface area contributed by atoms with E-state index in [9.17, 15) is 9.18 Å². The van der Waals surface area contributed by atoms with Crippen LogP contribution in [0.1, 0.15) is 12.8 Å². The smallest absolute Gasteiger partial charge is 0.311 e. The minimum Gasteiger partial charge on any atom is -0.424 e. The maximum atomic E-state index is 11.9. The minimum absolute atomic E-state index is 0.107. The van der Waals surface area contributed by atoms with Gasteiger partial charge in [-0.25, -0.2) is 0 Å². The summed E-state index contributed by atoms with van der Waals surface area (Å²) in [6.45, 7) is -0.497. The molecule has 0 amide bonds. The third kappa shape index (κ3) is 2.21. The van der Waals surface area contributed by atoms with Crippen LogP contribution >= 0.6 is 0 Å². The van der Waals surface area contributed by atoms with Gasteiger partial charge in [-0.3, -0.25) is 9.18 Å². The SMILES string of the molecule is O=C(CCCF)Oc1c[nH]c2ccccc12. The van der Waals surface area contributed by atoms with E-state index in [0.29, 0.717) is 5.75 Å². The molecule has 2 aromatic rings. The molecule has 0 aliphatic rings. The van der Waals surface area contributed by atoms with Gasteiger partial charge >= 0.3 is 5.97 Å². The molecule has 1 aromatic heterocycles. The summed E-state index contributed by atoms with van der Waals surface area (Å²) in [5, 5.41) is 0.857. The van der Waals surface area contributed by atoms with Crippen LogP contribution in [-0.4, -0.2) is 17.6 Å². The monoisotopic (exact) mass is 221 g/mol. The number of hydrogen-bond acceptors (Lipinski definition) is 2. The van der Waals surface area contributed by atoms with Crippen LogP contribution in [0.2, 0.25) is 0 Å². The van der Waals surface area contributed by atoms with E-state index in [1.165, 1.54) is 0 Å². The number of halogens is 1. The van der Waals surface area contributed by atoms with Gasteiger partial charge in [0.2, 0.25) is 0 Å². The molecule has 1 heterocycles. The summed E-state index contributed by atoms with van der Waals surface area (Å²) in [6, 6.07) is 7.53.